The molecule has 0 atom stereocenters. The summed E-state index contributed by atoms with van der Waals surface area (Å²) in [6.45, 7) is 1.58. The molecule has 0 aromatic heterocycles. The second-order valence-electron chi connectivity index (χ2n) is 2.98. The second kappa shape index (κ2) is 4.22. The number of ether oxygens (including phenoxy) is 2. The van der Waals surface area contributed by atoms with Gasteiger partial charge in [-0.1, -0.05) is 28.1 Å². The van der Waals surface area contributed by atoms with Crippen molar-refractivity contribution in [2.45, 2.75) is 12.7 Å². The summed E-state index contributed by atoms with van der Waals surface area (Å²) in [4.78, 5) is 0. The average Bonchev–Trinajstić information content (AvgIpc) is 2.19. The first kappa shape index (κ1) is 9.19. The van der Waals surface area contributed by atoms with Crippen molar-refractivity contribution in [3.05, 3.63) is 34.3 Å². The van der Waals surface area contributed by atoms with E-state index in [2.05, 4.69) is 15.9 Å². The number of rotatable bonds is 1. The minimum Gasteiger partial charge on any atom is -0.348 e. The molecule has 2 rings (SSSR count). The van der Waals surface area contributed by atoms with Gasteiger partial charge in [0.2, 0.25) is 0 Å². The topological polar surface area (TPSA) is 18.5 Å². The molecule has 70 valence electrons. The van der Waals surface area contributed by atoms with Gasteiger partial charge in [0, 0.05) is 10.0 Å². The predicted molar refractivity (Wildman–Crippen MR) is 53.4 cm³/mol. The number of benzene rings is 1. The molecule has 3 heteroatoms. The summed E-state index contributed by atoms with van der Waals surface area (Å²) in [7, 11) is 0. The van der Waals surface area contributed by atoms with E-state index in [-0.39, 0.29) is 6.29 Å². The third-order valence-electron chi connectivity index (χ3n) is 1.95. The Balaban J connectivity index is 2.14. The highest BCUT2D eigenvalue weighted by molar-refractivity contribution is 9.10. The van der Waals surface area contributed by atoms with Crippen LogP contribution in [0.2, 0.25) is 0 Å². The van der Waals surface area contributed by atoms with Crippen LogP contribution < -0.4 is 0 Å². The maximum atomic E-state index is 5.48. The van der Waals surface area contributed by atoms with Crippen LogP contribution in [-0.2, 0) is 9.47 Å². The van der Waals surface area contributed by atoms with Crippen LogP contribution in [0.3, 0.4) is 0 Å². The Morgan fingerprint density at radius 2 is 2.00 bits per heavy atom. The van der Waals surface area contributed by atoms with E-state index in [9.17, 15) is 0 Å². The summed E-state index contributed by atoms with van der Waals surface area (Å²) in [5, 5.41) is 0. The van der Waals surface area contributed by atoms with Crippen LogP contribution in [0.1, 0.15) is 18.3 Å². The van der Waals surface area contributed by atoms with Gasteiger partial charge in [0.15, 0.2) is 6.29 Å². The van der Waals surface area contributed by atoms with Crippen molar-refractivity contribution in [2.75, 3.05) is 13.2 Å². The van der Waals surface area contributed by atoms with Gasteiger partial charge in [0.1, 0.15) is 0 Å². The molecule has 0 aliphatic carbocycles. The zero-order valence-corrected chi connectivity index (χ0v) is 8.79. The molecule has 1 saturated heterocycles. The lowest BCUT2D eigenvalue weighted by atomic mass is 10.2. The summed E-state index contributed by atoms with van der Waals surface area (Å²) >= 11 is 3.42. The molecule has 0 saturated carbocycles. The number of hydrogen-bond donors (Lipinski definition) is 0. The first-order valence-electron chi connectivity index (χ1n) is 4.35. The predicted octanol–water partition coefficient (Wildman–Crippen LogP) is 2.88. The monoisotopic (exact) mass is 242 g/mol. The van der Waals surface area contributed by atoms with E-state index in [1.54, 1.807) is 0 Å². The Kier molecular flexibility index (Phi) is 2.98. The van der Waals surface area contributed by atoms with Crippen molar-refractivity contribution in [2.24, 2.45) is 0 Å². The van der Waals surface area contributed by atoms with Gasteiger partial charge >= 0.3 is 0 Å². The molecule has 0 spiro atoms. The second-order valence-corrected chi connectivity index (χ2v) is 3.90. The molecule has 1 aliphatic rings. The van der Waals surface area contributed by atoms with E-state index in [0.29, 0.717) is 0 Å². The van der Waals surface area contributed by atoms with E-state index >= 15 is 0 Å². The summed E-state index contributed by atoms with van der Waals surface area (Å²) in [5.74, 6) is 0. The lowest BCUT2D eigenvalue weighted by Gasteiger charge is -2.23. The zero-order chi connectivity index (χ0) is 9.10. The maximum absolute atomic E-state index is 5.48. The van der Waals surface area contributed by atoms with E-state index in [1.165, 1.54) is 0 Å². The van der Waals surface area contributed by atoms with E-state index < -0.39 is 0 Å². The fourth-order valence-electron chi connectivity index (χ4n) is 1.33. The Bertz CT molecular complexity index is 282. The van der Waals surface area contributed by atoms with Gasteiger partial charge in [-0.15, -0.1) is 0 Å². The minimum atomic E-state index is -0.175. The Morgan fingerprint density at radius 1 is 1.23 bits per heavy atom. The summed E-state index contributed by atoms with van der Waals surface area (Å²) in [5.41, 5.74) is 1.08. The number of hydrogen-bond acceptors (Lipinski definition) is 2. The first-order chi connectivity index (χ1) is 6.36. The third kappa shape index (κ3) is 2.30. The third-order valence-corrected chi connectivity index (χ3v) is 2.44. The Hall–Kier alpha value is -0.380. The van der Waals surface area contributed by atoms with E-state index in [0.717, 1.165) is 29.7 Å². The van der Waals surface area contributed by atoms with Crippen LogP contribution in [0, 0.1) is 0 Å². The molecule has 0 N–H and O–H groups in total. The van der Waals surface area contributed by atoms with Crippen LogP contribution >= 0.6 is 15.9 Å². The highest BCUT2D eigenvalue weighted by atomic mass is 79.9. The molecule has 2 nitrogen and oxygen atoms in total. The van der Waals surface area contributed by atoms with Crippen molar-refractivity contribution in [1.29, 1.82) is 0 Å². The van der Waals surface area contributed by atoms with Crippen molar-refractivity contribution >= 4 is 15.9 Å². The van der Waals surface area contributed by atoms with Crippen molar-refractivity contribution in [3.63, 3.8) is 0 Å². The Labute approximate surface area is 86.0 Å². The Morgan fingerprint density at radius 3 is 2.69 bits per heavy atom. The van der Waals surface area contributed by atoms with Crippen LogP contribution in [0.25, 0.3) is 0 Å². The molecule has 1 fully saturated rings. The maximum Gasteiger partial charge on any atom is 0.183 e. The standard InChI is InChI=1S/C10H11BrO2/c11-9-4-1-3-8(7-9)10-12-5-2-6-13-10/h1,3-4,7,10H,2,5-6H2. The fraction of sp³-hybridized carbons (Fsp3) is 0.400. The van der Waals surface area contributed by atoms with Crippen LogP contribution in [-0.4, -0.2) is 13.2 Å². The van der Waals surface area contributed by atoms with Gasteiger partial charge in [-0.3, -0.25) is 0 Å². The zero-order valence-electron chi connectivity index (χ0n) is 7.20. The molecule has 1 aromatic rings. The summed E-state index contributed by atoms with van der Waals surface area (Å²) in [6.07, 6.45) is 0.816. The highest BCUT2D eigenvalue weighted by Crippen LogP contribution is 2.24. The van der Waals surface area contributed by atoms with Crippen molar-refractivity contribution in [3.8, 4) is 0 Å². The van der Waals surface area contributed by atoms with Gasteiger partial charge in [0.25, 0.3) is 0 Å². The minimum absolute atomic E-state index is 0.175. The molecule has 1 heterocycles. The lowest BCUT2D eigenvalue weighted by molar-refractivity contribution is -0.183. The lowest BCUT2D eigenvalue weighted by Crippen LogP contribution is -2.17. The molecule has 0 amide bonds. The molecular weight excluding hydrogens is 232 g/mol. The van der Waals surface area contributed by atoms with Crippen LogP contribution in [0.4, 0.5) is 0 Å². The SMILES string of the molecule is Brc1cccc(C2OCCCO2)c1. The fourth-order valence-corrected chi connectivity index (χ4v) is 1.75. The molecule has 0 bridgehead atoms. The molecule has 0 unspecified atom stereocenters. The molecule has 1 aliphatic heterocycles. The summed E-state index contributed by atoms with van der Waals surface area (Å²) < 4.78 is 12.0. The smallest absolute Gasteiger partial charge is 0.183 e. The van der Waals surface area contributed by atoms with E-state index in [1.807, 2.05) is 24.3 Å². The first-order valence-corrected chi connectivity index (χ1v) is 5.14. The number of halogens is 1. The van der Waals surface area contributed by atoms with Gasteiger partial charge in [-0.25, -0.2) is 0 Å². The molecule has 0 radical (unpaired) electrons. The largest absolute Gasteiger partial charge is 0.348 e. The van der Waals surface area contributed by atoms with Crippen molar-refractivity contribution < 1.29 is 9.47 Å². The van der Waals surface area contributed by atoms with Gasteiger partial charge in [-0.2, -0.15) is 0 Å². The quantitative estimate of drug-likeness (QED) is 0.755. The van der Waals surface area contributed by atoms with E-state index in [4.69, 9.17) is 9.47 Å². The normalized spacial score (nSPS) is 18.8. The molecular formula is C10H11BrO2. The highest BCUT2D eigenvalue weighted by Gasteiger charge is 2.15. The molecule has 13 heavy (non-hydrogen) atoms. The van der Waals surface area contributed by atoms with Gasteiger partial charge < -0.3 is 9.47 Å². The van der Waals surface area contributed by atoms with Crippen LogP contribution in [0.5, 0.6) is 0 Å². The molecule has 1 aromatic carbocycles. The van der Waals surface area contributed by atoms with Crippen LogP contribution in [0.15, 0.2) is 28.7 Å². The van der Waals surface area contributed by atoms with Crippen molar-refractivity contribution in [1.82, 2.24) is 0 Å². The average molecular weight is 243 g/mol. The van der Waals surface area contributed by atoms with Gasteiger partial charge in [-0.05, 0) is 18.6 Å². The van der Waals surface area contributed by atoms with Gasteiger partial charge in [0.05, 0.1) is 13.2 Å². The summed E-state index contributed by atoms with van der Waals surface area (Å²) in [6, 6.07) is 8.02.